The summed E-state index contributed by atoms with van der Waals surface area (Å²) in [4.78, 5) is 17.5. The van der Waals surface area contributed by atoms with E-state index in [9.17, 15) is 4.79 Å². The molecular weight excluding hydrogens is 393 g/mol. The number of piperidine rings is 1. The molecule has 4 rings (SSSR count). The number of amides is 1. The zero-order chi connectivity index (χ0) is 18.0. The highest BCUT2D eigenvalue weighted by atomic mass is 35.5. The number of likely N-dealkylation sites (tertiary alicyclic amines) is 2. The van der Waals surface area contributed by atoms with E-state index < -0.39 is 0 Å². The summed E-state index contributed by atoms with van der Waals surface area (Å²) in [6, 6.07) is 11.0. The van der Waals surface area contributed by atoms with E-state index in [4.69, 9.17) is 5.73 Å². The van der Waals surface area contributed by atoms with Crippen LogP contribution in [0.4, 0.5) is 0 Å². The van der Waals surface area contributed by atoms with Crippen molar-refractivity contribution in [2.45, 2.75) is 57.5 Å². The van der Waals surface area contributed by atoms with E-state index in [0.717, 1.165) is 39.0 Å². The van der Waals surface area contributed by atoms with E-state index in [-0.39, 0.29) is 30.9 Å². The summed E-state index contributed by atoms with van der Waals surface area (Å²) in [5.74, 6) is 0.768. The molecule has 2 aliphatic heterocycles. The molecule has 1 aliphatic carbocycles. The Morgan fingerprint density at radius 3 is 2.54 bits per heavy atom. The minimum Gasteiger partial charge on any atom is -0.342 e. The molecular formula is C22H35Cl2N3O. The molecule has 2 heterocycles. The molecule has 0 bridgehead atoms. The number of carbonyl (C=O) groups excluding carboxylic acids is 1. The van der Waals surface area contributed by atoms with Gasteiger partial charge in [0, 0.05) is 44.1 Å². The molecule has 3 aliphatic rings. The smallest absolute Gasteiger partial charge is 0.222 e. The van der Waals surface area contributed by atoms with Gasteiger partial charge in [0.25, 0.3) is 0 Å². The zero-order valence-electron chi connectivity index (χ0n) is 16.7. The van der Waals surface area contributed by atoms with Gasteiger partial charge in [0.1, 0.15) is 0 Å². The van der Waals surface area contributed by atoms with Gasteiger partial charge < -0.3 is 10.6 Å². The van der Waals surface area contributed by atoms with Crippen molar-refractivity contribution in [2.75, 3.05) is 26.2 Å². The van der Waals surface area contributed by atoms with Gasteiger partial charge in [0.15, 0.2) is 0 Å². The molecule has 1 aromatic carbocycles. The number of nitrogens with zero attached hydrogens (tertiary/aromatic N) is 2. The van der Waals surface area contributed by atoms with Crippen molar-refractivity contribution in [1.29, 1.82) is 0 Å². The first-order chi connectivity index (χ1) is 12.6. The highest BCUT2D eigenvalue weighted by Crippen LogP contribution is 2.40. The van der Waals surface area contributed by atoms with E-state index in [1.165, 1.54) is 37.8 Å². The number of hydrogen-bond donors (Lipinski definition) is 1. The average Bonchev–Trinajstić information content (AvgIpc) is 3.23. The molecule has 4 nitrogen and oxygen atoms in total. The third-order valence-corrected chi connectivity index (χ3v) is 6.94. The SMILES string of the molecule is Cl.Cl.N[C@@H]1CCC[C@H]1CC(=O)N1CCC2(CCCN(Cc3ccccc3)C2)C1. The third-order valence-electron chi connectivity index (χ3n) is 6.94. The Labute approximate surface area is 182 Å². The molecule has 3 atom stereocenters. The summed E-state index contributed by atoms with van der Waals surface area (Å²) in [7, 11) is 0. The predicted molar refractivity (Wildman–Crippen MR) is 119 cm³/mol. The fourth-order valence-corrected chi connectivity index (χ4v) is 5.44. The topological polar surface area (TPSA) is 49.6 Å². The summed E-state index contributed by atoms with van der Waals surface area (Å²) in [6.45, 7) is 5.25. The van der Waals surface area contributed by atoms with Crippen molar-refractivity contribution >= 4 is 30.7 Å². The molecule has 1 unspecified atom stereocenters. The van der Waals surface area contributed by atoms with Gasteiger partial charge in [0.05, 0.1) is 0 Å². The normalized spacial score (nSPS) is 30.1. The molecule has 158 valence electrons. The fraction of sp³-hybridized carbons (Fsp3) is 0.682. The number of carbonyl (C=O) groups is 1. The van der Waals surface area contributed by atoms with Crippen LogP contribution in [-0.2, 0) is 11.3 Å². The Balaban J connectivity index is 0.00000140. The molecule has 1 aromatic rings. The van der Waals surface area contributed by atoms with Crippen LogP contribution >= 0.6 is 24.8 Å². The van der Waals surface area contributed by atoms with Crippen LogP contribution in [0.3, 0.4) is 0 Å². The largest absolute Gasteiger partial charge is 0.342 e. The Kier molecular flexibility index (Phi) is 8.62. The summed E-state index contributed by atoms with van der Waals surface area (Å²) in [6.07, 6.45) is 7.78. The standard InChI is InChI=1S/C22H33N3O.2ClH/c23-20-9-4-8-19(20)14-21(26)25-13-11-22(17-25)10-5-12-24(16-22)15-18-6-2-1-3-7-18;;/h1-3,6-7,19-20H,4-5,8-17,23H2;2*1H/t19-,20+,22?;;/m0../s1. The second-order valence-corrected chi connectivity index (χ2v) is 8.92. The summed E-state index contributed by atoms with van der Waals surface area (Å²) in [5.41, 5.74) is 7.89. The van der Waals surface area contributed by atoms with Gasteiger partial charge >= 0.3 is 0 Å². The van der Waals surface area contributed by atoms with Gasteiger partial charge in [-0.3, -0.25) is 9.69 Å². The highest BCUT2D eigenvalue weighted by Gasteiger charge is 2.43. The molecule has 0 aromatic heterocycles. The number of nitrogens with two attached hydrogens (primary N) is 1. The second-order valence-electron chi connectivity index (χ2n) is 8.92. The van der Waals surface area contributed by atoms with Crippen molar-refractivity contribution in [1.82, 2.24) is 9.80 Å². The van der Waals surface area contributed by atoms with Gasteiger partial charge in [-0.25, -0.2) is 0 Å². The van der Waals surface area contributed by atoms with E-state index in [1.807, 2.05) is 0 Å². The monoisotopic (exact) mass is 427 g/mol. The minimum absolute atomic E-state index is 0. The van der Waals surface area contributed by atoms with Crippen LogP contribution in [0.5, 0.6) is 0 Å². The first-order valence-electron chi connectivity index (χ1n) is 10.4. The molecule has 1 saturated carbocycles. The van der Waals surface area contributed by atoms with E-state index in [0.29, 0.717) is 23.7 Å². The van der Waals surface area contributed by atoms with Crippen molar-refractivity contribution in [3.63, 3.8) is 0 Å². The van der Waals surface area contributed by atoms with E-state index in [2.05, 4.69) is 40.1 Å². The number of rotatable bonds is 4. The van der Waals surface area contributed by atoms with Crippen LogP contribution in [0.1, 0.15) is 50.5 Å². The lowest BCUT2D eigenvalue weighted by atomic mass is 9.79. The summed E-state index contributed by atoms with van der Waals surface area (Å²) >= 11 is 0. The summed E-state index contributed by atoms with van der Waals surface area (Å²) < 4.78 is 0. The van der Waals surface area contributed by atoms with Crippen molar-refractivity contribution in [3.8, 4) is 0 Å². The van der Waals surface area contributed by atoms with Crippen molar-refractivity contribution in [3.05, 3.63) is 35.9 Å². The van der Waals surface area contributed by atoms with Crippen LogP contribution in [0, 0.1) is 11.3 Å². The lowest BCUT2D eigenvalue weighted by Gasteiger charge is -2.40. The maximum atomic E-state index is 12.8. The average molecular weight is 428 g/mol. The molecule has 28 heavy (non-hydrogen) atoms. The van der Waals surface area contributed by atoms with Crippen LogP contribution in [0.2, 0.25) is 0 Å². The van der Waals surface area contributed by atoms with E-state index in [1.54, 1.807) is 0 Å². The number of benzene rings is 1. The fourth-order valence-electron chi connectivity index (χ4n) is 5.44. The van der Waals surface area contributed by atoms with Crippen LogP contribution in [0.25, 0.3) is 0 Å². The first-order valence-corrected chi connectivity index (χ1v) is 10.4. The second kappa shape index (κ2) is 10.3. The lowest BCUT2D eigenvalue weighted by Crippen LogP contribution is -2.45. The van der Waals surface area contributed by atoms with Gasteiger partial charge in [-0.15, -0.1) is 24.8 Å². The maximum Gasteiger partial charge on any atom is 0.222 e. The third kappa shape index (κ3) is 5.41. The van der Waals surface area contributed by atoms with Crippen molar-refractivity contribution in [2.24, 2.45) is 17.1 Å². The Bertz CT molecular complexity index is 629. The van der Waals surface area contributed by atoms with Crippen LogP contribution in [0.15, 0.2) is 30.3 Å². The Morgan fingerprint density at radius 2 is 1.82 bits per heavy atom. The van der Waals surface area contributed by atoms with Gasteiger partial charge in [0.2, 0.25) is 5.91 Å². The molecule has 1 amide bonds. The predicted octanol–water partition coefficient (Wildman–Crippen LogP) is 3.86. The Hall–Kier alpha value is -0.810. The molecule has 0 radical (unpaired) electrons. The summed E-state index contributed by atoms with van der Waals surface area (Å²) in [5, 5.41) is 0. The minimum atomic E-state index is 0. The number of halogens is 2. The first kappa shape index (κ1) is 23.5. The molecule has 2 N–H and O–H groups in total. The van der Waals surface area contributed by atoms with E-state index >= 15 is 0 Å². The number of hydrogen-bond acceptors (Lipinski definition) is 3. The molecule has 6 heteroatoms. The molecule has 1 spiro atoms. The van der Waals surface area contributed by atoms with Crippen molar-refractivity contribution < 1.29 is 4.79 Å². The van der Waals surface area contributed by atoms with Crippen LogP contribution < -0.4 is 5.73 Å². The Morgan fingerprint density at radius 1 is 1.04 bits per heavy atom. The lowest BCUT2D eigenvalue weighted by molar-refractivity contribution is -0.131. The highest BCUT2D eigenvalue weighted by molar-refractivity contribution is 5.85. The van der Waals surface area contributed by atoms with Gasteiger partial charge in [-0.2, -0.15) is 0 Å². The van der Waals surface area contributed by atoms with Gasteiger partial charge in [-0.1, -0.05) is 36.8 Å². The molecule has 2 saturated heterocycles. The molecule has 3 fully saturated rings. The zero-order valence-corrected chi connectivity index (χ0v) is 18.4. The van der Waals surface area contributed by atoms with Crippen LogP contribution in [-0.4, -0.2) is 47.9 Å². The quantitative estimate of drug-likeness (QED) is 0.792. The van der Waals surface area contributed by atoms with Gasteiger partial charge in [-0.05, 0) is 50.1 Å². The maximum absolute atomic E-state index is 12.8.